The maximum Gasteiger partial charge on any atom is 0.306 e. The number of hydrogen-bond acceptors (Lipinski definition) is 10. The monoisotopic (exact) mass is 758 g/mol. The second-order valence-corrected chi connectivity index (χ2v) is 15.9. The summed E-state index contributed by atoms with van der Waals surface area (Å²) in [5.41, 5.74) is 1.04. The molecule has 0 bridgehead atoms. The fourth-order valence-corrected chi connectivity index (χ4v) is 7.95. The van der Waals surface area contributed by atoms with Crippen molar-refractivity contribution in [1.29, 1.82) is 0 Å². The molecule has 2 aromatic rings. The highest BCUT2D eigenvalue weighted by Crippen LogP contribution is 2.32. The zero-order chi connectivity index (χ0) is 39.2. The molecule has 0 aliphatic carbocycles. The van der Waals surface area contributed by atoms with E-state index in [0.717, 1.165) is 49.1 Å². The number of likely N-dealkylation sites (tertiary alicyclic amines) is 1. The third kappa shape index (κ3) is 12.9. The number of aliphatic hydroxyl groups excluding tert-OH is 1. The molecule has 1 saturated heterocycles. The van der Waals surface area contributed by atoms with Gasteiger partial charge < -0.3 is 29.9 Å². The number of aliphatic carboxylic acids is 1. The van der Waals surface area contributed by atoms with E-state index in [1.807, 2.05) is 59.0 Å². The van der Waals surface area contributed by atoms with Crippen molar-refractivity contribution >= 4 is 34.9 Å². The first kappa shape index (κ1) is 44.0. The normalized spacial score (nSPS) is 18.4. The van der Waals surface area contributed by atoms with Crippen LogP contribution in [0.2, 0.25) is 0 Å². The van der Waals surface area contributed by atoms with Gasteiger partial charge in [0.25, 0.3) is 5.91 Å². The molecule has 1 aliphatic heterocycles. The standard InChI is InChI=1S/C40H62N4O8S/c1-9-26(4)31(22-35(45)33-12-10-11-17-43(33)6)39(48)44(18-19-51-7)34(25(2)3)23-36(46)38-42-32(24-53-38)37(47)41-29(20-27(5)40(49)50)21-28-13-15-30(52-8)16-14-28/h13-16,24-27,29,31,33-34,36,46H,9-12,17-23H2,1-8H3,(H,41,47)(H,49,50)/t26?,27-,29+,31?,33?,34+,36+/m0/s1. The van der Waals surface area contributed by atoms with Crippen molar-refractivity contribution in [1.82, 2.24) is 20.1 Å². The summed E-state index contributed by atoms with van der Waals surface area (Å²) >= 11 is 1.16. The van der Waals surface area contributed by atoms with E-state index in [-0.39, 0.29) is 60.6 Å². The first-order valence-corrected chi connectivity index (χ1v) is 19.9. The Bertz CT molecular complexity index is 1470. The first-order valence-electron chi connectivity index (χ1n) is 19.0. The molecule has 0 radical (unpaired) electrons. The number of carbonyl (C=O) groups is 4. The summed E-state index contributed by atoms with van der Waals surface area (Å²) < 4.78 is 10.7. The Kier molecular flexibility index (Phi) is 17.8. The zero-order valence-electron chi connectivity index (χ0n) is 32.9. The van der Waals surface area contributed by atoms with Gasteiger partial charge in [0.15, 0.2) is 5.78 Å². The second kappa shape index (κ2) is 21.5. The quantitative estimate of drug-likeness (QED) is 0.137. The minimum Gasteiger partial charge on any atom is -0.497 e. The predicted molar refractivity (Wildman–Crippen MR) is 206 cm³/mol. The molecular weight excluding hydrogens is 697 g/mol. The van der Waals surface area contributed by atoms with Gasteiger partial charge >= 0.3 is 5.97 Å². The van der Waals surface area contributed by atoms with E-state index in [0.29, 0.717) is 30.3 Å². The summed E-state index contributed by atoms with van der Waals surface area (Å²) in [6.07, 6.45) is 3.56. The number of piperidine rings is 1. The lowest BCUT2D eigenvalue weighted by molar-refractivity contribution is -0.145. The van der Waals surface area contributed by atoms with Gasteiger partial charge in [-0.05, 0) is 68.8 Å². The molecule has 7 atom stereocenters. The summed E-state index contributed by atoms with van der Waals surface area (Å²) in [6, 6.07) is 6.35. The van der Waals surface area contributed by atoms with Crippen LogP contribution in [-0.2, 0) is 25.5 Å². The summed E-state index contributed by atoms with van der Waals surface area (Å²) in [5.74, 6) is -1.95. The Morgan fingerprint density at radius 3 is 2.36 bits per heavy atom. The molecule has 1 aliphatic rings. The van der Waals surface area contributed by atoms with Crippen LogP contribution in [0.25, 0.3) is 0 Å². The molecule has 13 heteroatoms. The number of Topliss-reactive ketones (excluding diaryl/α,β-unsaturated/α-hetero) is 1. The molecule has 0 saturated carbocycles. The third-order valence-corrected chi connectivity index (χ3v) is 11.7. The average Bonchev–Trinajstić information content (AvgIpc) is 3.64. The number of aromatic nitrogens is 1. The average molecular weight is 759 g/mol. The lowest BCUT2D eigenvalue weighted by Gasteiger charge is -2.39. The zero-order valence-corrected chi connectivity index (χ0v) is 33.7. The molecule has 1 aromatic carbocycles. The molecule has 3 unspecified atom stereocenters. The van der Waals surface area contributed by atoms with Gasteiger partial charge in [-0.1, -0.05) is 59.6 Å². The smallest absolute Gasteiger partial charge is 0.306 e. The molecule has 3 N–H and O–H groups in total. The molecule has 296 valence electrons. The number of carboxylic acid groups (broad SMARTS) is 1. The molecule has 2 amide bonds. The number of hydrogen-bond donors (Lipinski definition) is 3. The number of ketones is 1. The number of amides is 2. The van der Waals surface area contributed by atoms with E-state index in [1.165, 1.54) is 0 Å². The van der Waals surface area contributed by atoms with Crippen LogP contribution < -0.4 is 10.1 Å². The van der Waals surface area contributed by atoms with Crippen molar-refractivity contribution in [3.8, 4) is 5.75 Å². The van der Waals surface area contributed by atoms with Gasteiger partial charge in [0, 0.05) is 49.9 Å². The van der Waals surface area contributed by atoms with Gasteiger partial charge in [-0.2, -0.15) is 0 Å². The highest BCUT2D eigenvalue weighted by atomic mass is 32.1. The molecule has 2 heterocycles. The molecule has 1 aromatic heterocycles. The van der Waals surface area contributed by atoms with Crippen LogP contribution in [0.5, 0.6) is 5.75 Å². The fourth-order valence-electron chi connectivity index (χ4n) is 7.15. The van der Waals surface area contributed by atoms with Crippen LogP contribution in [-0.4, -0.2) is 108 Å². The molecular formula is C40H62N4O8S. The molecule has 12 nitrogen and oxygen atoms in total. The Hall–Kier alpha value is -3.39. The number of aliphatic hydroxyl groups is 1. The Labute approximate surface area is 319 Å². The van der Waals surface area contributed by atoms with E-state index in [4.69, 9.17) is 9.47 Å². The number of rotatable bonds is 22. The van der Waals surface area contributed by atoms with Gasteiger partial charge in [-0.15, -0.1) is 11.3 Å². The Morgan fingerprint density at radius 1 is 1.08 bits per heavy atom. The number of nitrogens with one attached hydrogen (secondary N) is 1. The van der Waals surface area contributed by atoms with E-state index < -0.39 is 35.9 Å². The number of thiazole rings is 1. The molecule has 3 rings (SSSR count). The number of likely N-dealkylation sites (N-methyl/N-ethyl adjacent to an activating group) is 1. The summed E-state index contributed by atoms with van der Waals surface area (Å²) in [5, 5.41) is 26.0. The van der Waals surface area contributed by atoms with E-state index in [9.17, 15) is 29.4 Å². The highest BCUT2D eigenvalue weighted by Gasteiger charge is 2.38. The van der Waals surface area contributed by atoms with Crippen LogP contribution in [0.4, 0.5) is 0 Å². The van der Waals surface area contributed by atoms with E-state index in [2.05, 4.69) is 15.2 Å². The SMILES string of the molecule is CCC(C)C(CC(=O)C1CCCCN1C)C(=O)N(CCOC)[C@H](C[C@@H](O)c1nc(C(=O)N[C@@H](Cc2ccc(OC)cc2)C[C@H](C)C(=O)O)cs1)C(C)C. The van der Waals surface area contributed by atoms with Gasteiger partial charge in [-0.25, -0.2) is 4.98 Å². The third-order valence-electron chi connectivity index (χ3n) is 10.7. The van der Waals surface area contributed by atoms with Crippen molar-refractivity contribution in [3.63, 3.8) is 0 Å². The maximum absolute atomic E-state index is 14.5. The number of carbonyl (C=O) groups excluding carboxylic acids is 3. The molecule has 53 heavy (non-hydrogen) atoms. The van der Waals surface area contributed by atoms with Gasteiger partial charge in [-0.3, -0.25) is 24.1 Å². The Balaban J connectivity index is 1.79. The first-order chi connectivity index (χ1) is 25.2. The van der Waals surface area contributed by atoms with Crippen molar-refractivity contribution in [3.05, 3.63) is 45.9 Å². The van der Waals surface area contributed by atoms with Crippen LogP contribution in [0.15, 0.2) is 29.6 Å². The number of methoxy groups -OCH3 is 2. The lowest BCUT2D eigenvalue weighted by Crippen LogP contribution is -2.50. The summed E-state index contributed by atoms with van der Waals surface area (Å²) in [7, 11) is 5.15. The highest BCUT2D eigenvalue weighted by molar-refractivity contribution is 7.09. The molecule has 0 spiro atoms. The van der Waals surface area contributed by atoms with E-state index >= 15 is 0 Å². The Morgan fingerprint density at radius 2 is 1.77 bits per heavy atom. The van der Waals surface area contributed by atoms with Gasteiger partial charge in [0.1, 0.15) is 22.6 Å². The van der Waals surface area contributed by atoms with Crippen LogP contribution >= 0.6 is 11.3 Å². The summed E-state index contributed by atoms with van der Waals surface area (Å²) in [4.78, 5) is 61.7. The van der Waals surface area contributed by atoms with Crippen LogP contribution in [0.3, 0.4) is 0 Å². The predicted octanol–water partition coefficient (Wildman–Crippen LogP) is 5.63. The van der Waals surface area contributed by atoms with Crippen LogP contribution in [0, 0.1) is 23.7 Å². The fraction of sp³-hybridized carbons (Fsp3) is 0.675. The minimum absolute atomic E-state index is 0.0183. The van der Waals surface area contributed by atoms with E-state index in [1.54, 1.807) is 31.4 Å². The van der Waals surface area contributed by atoms with Crippen molar-refractivity contribution in [2.75, 3.05) is 41.0 Å². The largest absolute Gasteiger partial charge is 0.497 e. The number of carboxylic acids is 1. The maximum atomic E-state index is 14.5. The van der Waals surface area contributed by atoms with Crippen molar-refractivity contribution in [2.24, 2.45) is 23.7 Å². The number of ether oxygens (including phenoxy) is 2. The minimum atomic E-state index is -1.06. The summed E-state index contributed by atoms with van der Waals surface area (Å²) in [6.45, 7) is 11.2. The number of nitrogens with zero attached hydrogens (tertiary/aromatic N) is 3. The van der Waals surface area contributed by atoms with Gasteiger partial charge in [0.2, 0.25) is 5.91 Å². The van der Waals surface area contributed by atoms with Crippen molar-refractivity contribution in [2.45, 2.75) is 110 Å². The van der Waals surface area contributed by atoms with Crippen LogP contribution in [0.1, 0.15) is 107 Å². The van der Waals surface area contributed by atoms with Gasteiger partial charge in [0.05, 0.1) is 25.7 Å². The number of benzene rings is 1. The topological polar surface area (TPSA) is 159 Å². The molecule has 1 fully saturated rings. The van der Waals surface area contributed by atoms with Crippen molar-refractivity contribution < 1.29 is 38.9 Å². The lowest BCUT2D eigenvalue weighted by atomic mass is 9.82. The second-order valence-electron chi connectivity index (χ2n) is 15.0.